The van der Waals surface area contributed by atoms with Crippen molar-refractivity contribution in [3.63, 3.8) is 0 Å². The number of furan rings is 1. The number of hydrogen-bond donors (Lipinski definition) is 0. The maximum atomic E-state index is 5.54. The third kappa shape index (κ3) is 4.62. The van der Waals surface area contributed by atoms with Crippen LogP contribution in [0.25, 0.3) is 0 Å². The van der Waals surface area contributed by atoms with E-state index in [1.54, 1.807) is 32.3 Å². The Morgan fingerprint density at radius 2 is 1.70 bits per heavy atom. The molecule has 0 N–H and O–H groups in total. The second-order valence-corrected chi connectivity index (χ2v) is 6.28. The number of benzene rings is 1. The number of nitrogens with zero attached hydrogens (tertiary/aromatic N) is 3. The van der Waals surface area contributed by atoms with E-state index in [1.165, 1.54) is 0 Å². The summed E-state index contributed by atoms with van der Waals surface area (Å²) >= 11 is 0. The Labute approximate surface area is 159 Å². The fourth-order valence-corrected chi connectivity index (χ4v) is 3.09. The van der Waals surface area contributed by atoms with E-state index in [0.29, 0.717) is 30.3 Å². The Kier molecular flexibility index (Phi) is 6.03. The van der Waals surface area contributed by atoms with Gasteiger partial charge in [0.15, 0.2) is 11.5 Å². The Bertz CT molecular complexity index is 833. The summed E-state index contributed by atoms with van der Waals surface area (Å²) in [4.78, 5) is 2.27. The van der Waals surface area contributed by atoms with Gasteiger partial charge in [0.1, 0.15) is 5.76 Å². The minimum Gasteiger partial charge on any atom is -0.493 e. The molecule has 3 aromatic rings. The predicted octanol–water partition coefficient (Wildman–Crippen LogP) is 3.24. The first-order valence-corrected chi connectivity index (χ1v) is 8.64. The van der Waals surface area contributed by atoms with Crippen molar-refractivity contribution in [3.05, 3.63) is 59.8 Å². The van der Waals surface area contributed by atoms with Crippen LogP contribution in [0.15, 0.2) is 47.3 Å². The number of rotatable bonds is 9. The van der Waals surface area contributed by atoms with Crippen LogP contribution in [-0.4, -0.2) is 36.0 Å². The Morgan fingerprint density at radius 1 is 1.00 bits per heavy atom. The van der Waals surface area contributed by atoms with Crippen molar-refractivity contribution in [1.82, 2.24) is 14.7 Å². The monoisotopic (exact) mass is 371 g/mol. The van der Waals surface area contributed by atoms with Crippen molar-refractivity contribution in [3.8, 4) is 17.2 Å². The van der Waals surface area contributed by atoms with Crippen LogP contribution < -0.4 is 14.2 Å². The molecule has 0 unspecified atom stereocenters. The average molecular weight is 371 g/mol. The van der Waals surface area contributed by atoms with Crippen LogP contribution in [0, 0.1) is 0 Å². The van der Waals surface area contributed by atoms with E-state index in [2.05, 4.69) is 10.00 Å². The molecular formula is C20H25N3O4. The summed E-state index contributed by atoms with van der Waals surface area (Å²) in [6.07, 6.45) is 5.59. The smallest absolute Gasteiger partial charge is 0.203 e. The van der Waals surface area contributed by atoms with Crippen molar-refractivity contribution in [1.29, 1.82) is 0 Å². The lowest BCUT2D eigenvalue weighted by Gasteiger charge is -2.22. The highest BCUT2D eigenvalue weighted by Crippen LogP contribution is 2.38. The summed E-state index contributed by atoms with van der Waals surface area (Å²) in [6, 6.07) is 7.82. The molecule has 3 rings (SSSR count). The standard InChI is InChI=1S/C20H25N3O4/c1-22-11-16(10-21-22)13-23(14-17-6-5-7-27-17)12-15-8-18(24-2)20(26-4)19(9-15)25-3/h5-11H,12-14H2,1-4H3. The van der Waals surface area contributed by atoms with Crippen LogP contribution in [0.5, 0.6) is 17.2 Å². The second kappa shape index (κ2) is 8.64. The molecule has 0 spiro atoms. The van der Waals surface area contributed by atoms with E-state index in [1.807, 2.05) is 43.7 Å². The van der Waals surface area contributed by atoms with Gasteiger partial charge in [0.25, 0.3) is 0 Å². The van der Waals surface area contributed by atoms with Crippen molar-refractivity contribution in [2.24, 2.45) is 7.05 Å². The van der Waals surface area contributed by atoms with Gasteiger partial charge in [0, 0.05) is 31.9 Å². The highest BCUT2D eigenvalue weighted by Gasteiger charge is 2.16. The molecule has 7 nitrogen and oxygen atoms in total. The van der Waals surface area contributed by atoms with Crippen LogP contribution >= 0.6 is 0 Å². The van der Waals surface area contributed by atoms with Crippen LogP contribution in [0.4, 0.5) is 0 Å². The molecule has 27 heavy (non-hydrogen) atoms. The molecule has 7 heteroatoms. The van der Waals surface area contributed by atoms with Gasteiger partial charge in [-0.05, 0) is 29.8 Å². The molecule has 0 aliphatic carbocycles. The minimum absolute atomic E-state index is 0.591. The Balaban J connectivity index is 1.86. The molecule has 144 valence electrons. The van der Waals surface area contributed by atoms with Gasteiger partial charge in [-0.25, -0.2) is 0 Å². The quantitative estimate of drug-likeness (QED) is 0.575. The van der Waals surface area contributed by atoms with E-state index in [9.17, 15) is 0 Å². The van der Waals surface area contributed by atoms with Crippen LogP contribution in [0.1, 0.15) is 16.9 Å². The van der Waals surface area contributed by atoms with Crippen molar-refractivity contribution < 1.29 is 18.6 Å². The van der Waals surface area contributed by atoms with Crippen molar-refractivity contribution in [2.75, 3.05) is 21.3 Å². The number of aromatic nitrogens is 2. The van der Waals surface area contributed by atoms with Gasteiger partial charge in [0.2, 0.25) is 5.75 Å². The summed E-state index contributed by atoms with van der Waals surface area (Å²) < 4.78 is 23.7. The van der Waals surface area contributed by atoms with Crippen molar-refractivity contribution in [2.45, 2.75) is 19.6 Å². The average Bonchev–Trinajstić information content (AvgIpc) is 3.32. The lowest BCUT2D eigenvalue weighted by molar-refractivity contribution is 0.226. The summed E-state index contributed by atoms with van der Waals surface area (Å²) in [5.74, 6) is 2.79. The second-order valence-electron chi connectivity index (χ2n) is 6.28. The molecule has 0 saturated carbocycles. The van der Waals surface area contributed by atoms with E-state index in [-0.39, 0.29) is 0 Å². The first-order chi connectivity index (χ1) is 13.1. The van der Waals surface area contributed by atoms with Crippen LogP contribution in [0.3, 0.4) is 0 Å². The zero-order chi connectivity index (χ0) is 19.2. The molecular weight excluding hydrogens is 346 g/mol. The highest BCUT2D eigenvalue weighted by molar-refractivity contribution is 5.53. The molecule has 0 amide bonds. The SMILES string of the molecule is COc1cc(CN(Cc2cnn(C)c2)Cc2ccco2)cc(OC)c1OC. The van der Waals surface area contributed by atoms with Gasteiger partial charge in [-0.1, -0.05) is 0 Å². The zero-order valence-corrected chi connectivity index (χ0v) is 16.1. The topological polar surface area (TPSA) is 61.9 Å². The lowest BCUT2D eigenvalue weighted by atomic mass is 10.1. The van der Waals surface area contributed by atoms with Gasteiger partial charge in [-0.15, -0.1) is 0 Å². The molecule has 0 fully saturated rings. The normalized spacial score (nSPS) is 11.0. The molecule has 2 aromatic heterocycles. The van der Waals surface area contributed by atoms with E-state index < -0.39 is 0 Å². The molecule has 0 saturated heterocycles. The molecule has 0 aliphatic heterocycles. The summed E-state index contributed by atoms with van der Waals surface area (Å²) in [7, 11) is 6.76. The minimum atomic E-state index is 0.591. The van der Waals surface area contributed by atoms with Gasteiger partial charge in [-0.2, -0.15) is 5.10 Å². The maximum Gasteiger partial charge on any atom is 0.203 e. The summed E-state index contributed by atoms with van der Waals surface area (Å²) in [5.41, 5.74) is 2.19. The van der Waals surface area contributed by atoms with E-state index >= 15 is 0 Å². The molecule has 0 atom stereocenters. The largest absolute Gasteiger partial charge is 0.493 e. The molecule has 0 aliphatic rings. The molecule has 2 heterocycles. The van der Waals surface area contributed by atoms with E-state index in [4.69, 9.17) is 18.6 Å². The maximum absolute atomic E-state index is 5.54. The molecule has 1 aromatic carbocycles. The first-order valence-electron chi connectivity index (χ1n) is 8.64. The van der Waals surface area contributed by atoms with Gasteiger partial charge < -0.3 is 18.6 Å². The fourth-order valence-electron chi connectivity index (χ4n) is 3.09. The number of methoxy groups -OCH3 is 3. The Morgan fingerprint density at radius 3 is 2.22 bits per heavy atom. The Hall–Kier alpha value is -2.93. The first kappa shape index (κ1) is 18.8. The van der Waals surface area contributed by atoms with Crippen LogP contribution in [-0.2, 0) is 26.7 Å². The zero-order valence-electron chi connectivity index (χ0n) is 16.1. The lowest BCUT2D eigenvalue weighted by Crippen LogP contribution is -2.22. The van der Waals surface area contributed by atoms with Gasteiger partial charge in [0.05, 0.1) is 40.3 Å². The number of ether oxygens (including phenoxy) is 3. The van der Waals surface area contributed by atoms with Gasteiger partial charge >= 0.3 is 0 Å². The number of aryl methyl sites for hydroxylation is 1. The summed E-state index contributed by atoms with van der Waals surface area (Å²) in [6.45, 7) is 2.11. The fraction of sp³-hybridized carbons (Fsp3) is 0.350. The van der Waals surface area contributed by atoms with E-state index in [0.717, 1.165) is 23.4 Å². The highest BCUT2D eigenvalue weighted by atomic mass is 16.5. The molecule has 0 radical (unpaired) electrons. The third-order valence-corrected chi connectivity index (χ3v) is 4.25. The van der Waals surface area contributed by atoms with Gasteiger partial charge in [-0.3, -0.25) is 9.58 Å². The summed E-state index contributed by atoms with van der Waals surface area (Å²) in [5, 5.41) is 4.26. The molecule has 0 bridgehead atoms. The third-order valence-electron chi connectivity index (χ3n) is 4.25. The number of hydrogen-bond acceptors (Lipinski definition) is 6. The predicted molar refractivity (Wildman–Crippen MR) is 101 cm³/mol. The van der Waals surface area contributed by atoms with Crippen molar-refractivity contribution >= 4 is 0 Å². The van der Waals surface area contributed by atoms with Crippen LogP contribution in [0.2, 0.25) is 0 Å².